The van der Waals surface area contributed by atoms with Gasteiger partial charge in [0.1, 0.15) is 6.04 Å². The van der Waals surface area contributed by atoms with Crippen molar-refractivity contribution in [3.63, 3.8) is 0 Å². The highest BCUT2D eigenvalue weighted by Gasteiger charge is 2.46. The summed E-state index contributed by atoms with van der Waals surface area (Å²) in [6.45, 7) is 7.50. The zero-order chi connectivity index (χ0) is 29.4. The van der Waals surface area contributed by atoms with Gasteiger partial charge in [0.05, 0.1) is 27.6 Å². The summed E-state index contributed by atoms with van der Waals surface area (Å²) in [6, 6.07) is 6.55. The van der Waals surface area contributed by atoms with E-state index in [0.717, 1.165) is 21.7 Å². The Kier molecular flexibility index (Phi) is 10.8. The molecule has 40 heavy (non-hydrogen) atoms. The number of aryl methyl sites for hydroxylation is 1. The van der Waals surface area contributed by atoms with E-state index >= 15 is 0 Å². The standard InChI is InChI=1S/C29H40N4O6S/c1-18-26(40-17-31-18)21-12-10-20(11-13-21)15-30-27(38)23-14-22(34)16-33(23)28(39)29(3,4)19(2)32-24(35)8-6-5-7-9-25(36)37/h10-13,17,19,22-23,34H,5-9,14-16H2,1-4H3,(H,30,38)(H,32,35)(H,36,37)/t19-,22+,23-/m0/s1. The number of hydrogen-bond donors (Lipinski definition) is 4. The van der Waals surface area contributed by atoms with Crippen LogP contribution in [0, 0.1) is 12.3 Å². The number of nitrogens with one attached hydrogen (secondary N) is 2. The number of carboxylic acid groups (broad SMARTS) is 1. The third-order valence-electron chi connectivity index (χ3n) is 7.58. The molecule has 1 fully saturated rings. The molecular weight excluding hydrogens is 532 g/mol. The second kappa shape index (κ2) is 13.8. The van der Waals surface area contributed by atoms with Crippen LogP contribution in [0.15, 0.2) is 29.8 Å². The van der Waals surface area contributed by atoms with Gasteiger partial charge in [-0.15, -0.1) is 11.3 Å². The van der Waals surface area contributed by atoms with Crippen molar-refractivity contribution in [2.75, 3.05) is 6.54 Å². The number of β-amino-alcohol motifs (C(OH)–C–C–N with tert-alkyl or cyclic N) is 1. The van der Waals surface area contributed by atoms with E-state index < -0.39 is 29.6 Å². The van der Waals surface area contributed by atoms with Crippen LogP contribution in [-0.4, -0.2) is 68.5 Å². The number of unbranched alkanes of at least 4 members (excludes halogenated alkanes) is 2. The highest BCUT2D eigenvalue weighted by Crippen LogP contribution is 2.30. The molecule has 4 N–H and O–H groups in total. The van der Waals surface area contributed by atoms with Gasteiger partial charge in [-0.3, -0.25) is 19.2 Å². The predicted molar refractivity (Wildman–Crippen MR) is 152 cm³/mol. The molecule has 0 radical (unpaired) electrons. The summed E-state index contributed by atoms with van der Waals surface area (Å²) < 4.78 is 0. The van der Waals surface area contributed by atoms with Crippen molar-refractivity contribution >= 4 is 35.0 Å². The van der Waals surface area contributed by atoms with Gasteiger partial charge in [-0.25, -0.2) is 4.98 Å². The number of aliphatic carboxylic acids is 1. The van der Waals surface area contributed by atoms with Gasteiger partial charge in [0.25, 0.3) is 0 Å². The minimum absolute atomic E-state index is 0.0491. The maximum absolute atomic E-state index is 13.6. The first-order chi connectivity index (χ1) is 18.9. The number of thiazole rings is 1. The van der Waals surface area contributed by atoms with Crippen LogP contribution in [0.25, 0.3) is 10.4 Å². The van der Waals surface area contributed by atoms with E-state index in [0.29, 0.717) is 19.3 Å². The average molecular weight is 573 g/mol. The topological polar surface area (TPSA) is 149 Å². The number of aromatic nitrogens is 1. The number of likely N-dealkylation sites (tertiary alicyclic amines) is 1. The minimum Gasteiger partial charge on any atom is -0.481 e. The third kappa shape index (κ3) is 8.11. The number of aliphatic hydroxyl groups is 1. The monoisotopic (exact) mass is 572 g/mol. The Hall–Kier alpha value is -3.31. The van der Waals surface area contributed by atoms with Crippen molar-refractivity contribution in [1.29, 1.82) is 0 Å². The second-order valence-corrected chi connectivity index (χ2v) is 11.9. The van der Waals surface area contributed by atoms with E-state index in [1.165, 1.54) is 4.90 Å². The van der Waals surface area contributed by atoms with Crippen molar-refractivity contribution in [3.8, 4) is 10.4 Å². The Balaban J connectivity index is 1.55. The molecule has 2 heterocycles. The zero-order valence-electron chi connectivity index (χ0n) is 23.6. The summed E-state index contributed by atoms with van der Waals surface area (Å²) in [6.07, 6.45) is 1.37. The lowest BCUT2D eigenvalue weighted by molar-refractivity contribution is -0.147. The molecule has 10 nitrogen and oxygen atoms in total. The van der Waals surface area contributed by atoms with Crippen LogP contribution in [-0.2, 0) is 25.7 Å². The van der Waals surface area contributed by atoms with Crippen LogP contribution >= 0.6 is 11.3 Å². The molecule has 1 aromatic heterocycles. The zero-order valence-corrected chi connectivity index (χ0v) is 24.4. The van der Waals surface area contributed by atoms with Gasteiger partial charge < -0.3 is 25.7 Å². The number of carboxylic acids is 1. The fraction of sp³-hybridized carbons (Fsp3) is 0.552. The largest absolute Gasteiger partial charge is 0.481 e. The fourth-order valence-electron chi connectivity index (χ4n) is 4.73. The predicted octanol–water partition coefficient (Wildman–Crippen LogP) is 3.26. The maximum Gasteiger partial charge on any atom is 0.303 e. The van der Waals surface area contributed by atoms with Gasteiger partial charge in [-0.2, -0.15) is 0 Å². The van der Waals surface area contributed by atoms with Gasteiger partial charge in [-0.05, 0) is 51.7 Å². The average Bonchev–Trinajstić information content (AvgIpc) is 3.51. The molecule has 3 amide bonds. The van der Waals surface area contributed by atoms with E-state index in [1.807, 2.05) is 36.7 Å². The van der Waals surface area contributed by atoms with Gasteiger partial charge in [0.2, 0.25) is 17.7 Å². The molecule has 3 atom stereocenters. The van der Waals surface area contributed by atoms with Gasteiger partial charge in [0.15, 0.2) is 0 Å². The quantitative estimate of drug-likeness (QED) is 0.269. The molecule has 2 aromatic rings. The number of hydrogen-bond acceptors (Lipinski definition) is 7. The van der Waals surface area contributed by atoms with Crippen molar-refractivity contribution in [1.82, 2.24) is 20.5 Å². The molecule has 0 bridgehead atoms. The first-order valence-electron chi connectivity index (χ1n) is 13.7. The van der Waals surface area contributed by atoms with E-state index in [2.05, 4.69) is 15.6 Å². The Labute approximate surface area is 239 Å². The van der Waals surface area contributed by atoms with E-state index in [4.69, 9.17) is 5.11 Å². The lowest BCUT2D eigenvalue weighted by Crippen LogP contribution is -2.55. The SMILES string of the molecule is Cc1ncsc1-c1ccc(CNC(=O)[C@@H]2C[C@@H](O)CN2C(=O)C(C)(C)[C@H](C)NC(=O)CCCCCC(=O)O)cc1. The Bertz CT molecular complexity index is 1200. The minimum atomic E-state index is -1.02. The first-order valence-corrected chi connectivity index (χ1v) is 14.6. The number of nitrogens with zero attached hydrogens (tertiary/aromatic N) is 2. The van der Waals surface area contributed by atoms with Crippen LogP contribution in [0.3, 0.4) is 0 Å². The lowest BCUT2D eigenvalue weighted by atomic mass is 9.83. The third-order valence-corrected chi connectivity index (χ3v) is 8.55. The van der Waals surface area contributed by atoms with Gasteiger partial charge in [0, 0.05) is 38.4 Å². The Morgan fingerprint density at radius 3 is 2.42 bits per heavy atom. The number of aliphatic hydroxyl groups excluding tert-OH is 1. The van der Waals surface area contributed by atoms with Gasteiger partial charge in [-0.1, -0.05) is 30.7 Å². The van der Waals surface area contributed by atoms with Gasteiger partial charge >= 0.3 is 5.97 Å². The molecule has 0 aliphatic carbocycles. The van der Waals surface area contributed by atoms with E-state index in [-0.39, 0.29) is 50.1 Å². The summed E-state index contributed by atoms with van der Waals surface area (Å²) in [4.78, 5) is 56.6. The molecule has 1 aliphatic rings. The highest BCUT2D eigenvalue weighted by atomic mass is 32.1. The first kappa shape index (κ1) is 31.2. The molecule has 1 saturated heterocycles. The number of carbonyl (C=O) groups is 4. The summed E-state index contributed by atoms with van der Waals surface area (Å²) in [5, 5.41) is 24.8. The molecule has 0 unspecified atom stereocenters. The molecule has 0 spiro atoms. The Morgan fingerprint density at radius 1 is 1.12 bits per heavy atom. The van der Waals surface area contributed by atoms with Crippen LogP contribution in [0.2, 0.25) is 0 Å². The van der Waals surface area contributed by atoms with Crippen molar-refractivity contribution in [2.24, 2.45) is 5.41 Å². The molecule has 218 valence electrons. The van der Waals surface area contributed by atoms with Crippen molar-refractivity contribution < 1.29 is 29.4 Å². The van der Waals surface area contributed by atoms with Crippen LogP contribution in [0.5, 0.6) is 0 Å². The molecular formula is C29H40N4O6S. The molecule has 3 rings (SSSR count). The summed E-state index contributed by atoms with van der Waals surface area (Å²) >= 11 is 1.58. The number of carbonyl (C=O) groups excluding carboxylic acids is 3. The summed E-state index contributed by atoms with van der Waals surface area (Å²) in [5.41, 5.74) is 3.74. The fourth-order valence-corrected chi connectivity index (χ4v) is 5.55. The maximum atomic E-state index is 13.6. The molecule has 1 aliphatic heterocycles. The summed E-state index contributed by atoms with van der Waals surface area (Å²) in [5.74, 6) is -1.71. The lowest BCUT2D eigenvalue weighted by Gasteiger charge is -2.36. The second-order valence-electron chi connectivity index (χ2n) is 11.0. The smallest absolute Gasteiger partial charge is 0.303 e. The van der Waals surface area contributed by atoms with Crippen LogP contribution in [0.4, 0.5) is 0 Å². The highest BCUT2D eigenvalue weighted by molar-refractivity contribution is 7.13. The molecule has 0 saturated carbocycles. The van der Waals surface area contributed by atoms with E-state index in [1.54, 1.807) is 32.1 Å². The number of benzene rings is 1. The molecule has 1 aromatic carbocycles. The summed E-state index contributed by atoms with van der Waals surface area (Å²) in [7, 11) is 0. The van der Waals surface area contributed by atoms with Crippen LogP contribution in [0.1, 0.15) is 70.6 Å². The van der Waals surface area contributed by atoms with E-state index in [9.17, 15) is 24.3 Å². The normalized spacial score (nSPS) is 17.9. The Morgan fingerprint density at radius 2 is 1.80 bits per heavy atom. The number of rotatable bonds is 13. The number of amides is 3. The van der Waals surface area contributed by atoms with Crippen molar-refractivity contribution in [3.05, 3.63) is 41.0 Å². The molecule has 11 heteroatoms. The van der Waals surface area contributed by atoms with Crippen molar-refractivity contribution in [2.45, 2.75) is 91.0 Å². The van der Waals surface area contributed by atoms with Crippen LogP contribution < -0.4 is 10.6 Å².